The second-order valence-electron chi connectivity index (χ2n) is 4.93. The van der Waals surface area contributed by atoms with E-state index < -0.39 is 4.92 Å². The van der Waals surface area contributed by atoms with Gasteiger partial charge in [-0.25, -0.2) is 9.97 Å². The van der Waals surface area contributed by atoms with Crippen LogP contribution in [0.25, 0.3) is 21.3 Å². The van der Waals surface area contributed by atoms with Gasteiger partial charge in [0.25, 0.3) is 5.69 Å². The molecule has 7 nitrogen and oxygen atoms in total. The summed E-state index contributed by atoms with van der Waals surface area (Å²) in [5.41, 5.74) is 7.26. The number of thiophene rings is 1. The van der Waals surface area contributed by atoms with Crippen LogP contribution in [0.3, 0.4) is 0 Å². The summed E-state index contributed by atoms with van der Waals surface area (Å²) in [5, 5.41) is 17.1. The van der Waals surface area contributed by atoms with E-state index in [0.29, 0.717) is 13.1 Å². The zero-order valence-corrected chi connectivity index (χ0v) is 13.0. The minimum Gasteiger partial charge on any atom is -0.369 e. The van der Waals surface area contributed by atoms with Crippen LogP contribution in [-0.4, -0.2) is 28.0 Å². The Labute approximate surface area is 136 Å². The van der Waals surface area contributed by atoms with Gasteiger partial charge in [0.15, 0.2) is 0 Å². The van der Waals surface area contributed by atoms with E-state index in [-0.39, 0.29) is 5.69 Å². The molecule has 8 heteroatoms. The number of nitrogens with two attached hydrogens (primary N) is 1. The highest BCUT2D eigenvalue weighted by atomic mass is 32.1. The first-order valence-electron chi connectivity index (χ1n) is 7.11. The van der Waals surface area contributed by atoms with Crippen molar-refractivity contribution in [1.82, 2.24) is 9.97 Å². The van der Waals surface area contributed by atoms with Crippen LogP contribution in [0.5, 0.6) is 0 Å². The summed E-state index contributed by atoms with van der Waals surface area (Å²) in [5.74, 6) is 0.728. The van der Waals surface area contributed by atoms with Gasteiger partial charge in [-0.1, -0.05) is 12.1 Å². The van der Waals surface area contributed by atoms with Crippen LogP contribution in [0.2, 0.25) is 0 Å². The Morgan fingerprint density at radius 2 is 2.22 bits per heavy atom. The average molecular weight is 329 g/mol. The first kappa shape index (κ1) is 15.3. The molecule has 3 aromatic rings. The Hall–Kier alpha value is -2.58. The maximum absolute atomic E-state index is 11.0. The minimum absolute atomic E-state index is 0.0661. The molecule has 0 fully saturated rings. The first-order valence-corrected chi connectivity index (χ1v) is 7.99. The molecule has 23 heavy (non-hydrogen) atoms. The van der Waals surface area contributed by atoms with Crippen molar-refractivity contribution in [3.05, 3.63) is 46.1 Å². The average Bonchev–Trinajstić information content (AvgIpc) is 3.00. The number of hydrogen-bond acceptors (Lipinski definition) is 7. The van der Waals surface area contributed by atoms with Gasteiger partial charge in [0.1, 0.15) is 17.0 Å². The highest BCUT2D eigenvalue weighted by Crippen LogP contribution is 2.37. The van der Waals surface area contributed by atoms with Crippen LogP contribution in [0.1, 0.15) is 6.42 Å². The summed E-state index contributed by atoms with van der Waals surface area (Å²) >= 11 is 1.49. The molecule has 3 N–H and O–H groups in total. The van der Waals surface area contributed by atoms with Crippen LogP contribution in [-0.2, 0) is 0 Å². The van der Waals surface area contributed by atoms with Crippen LogP contribution < -0.4 is 11.1 Å². The highest BCUT2D eigenvalue weighted by molar-refractivity contribution is 7.17. The van der Waals surface area contributed by atoms with Crippen LogP contribution >= 0.6 is 11.3 Å². The van der Waals surface area contributed by atoms with Crippen molar-refractivity contribution in [2.24, 2.45) is 5.73 Å². The SMILES string of the molecule is NCCCNc1ncnc2scc(-c3cccc([N+](=O)[O-])c3)c12. The lowest BCUT2D eigenvalue weighted by atomic mass is 10.1. The Morgan fingerprint density at radius 1 is 1.35 bits per heavy atom. The summed E-state index contributed by atoms with van der Waals surface area (Å²) in [4.78, 5) is 20.0. The molecule has 2 aromatic heterocycles. The number of hydrogen-bond donors (Lipinski definition) is 2. The predicted molar refractivity (Wildman–Crippen MR) is 91.7 cm³/mol. The molecule has 0 aliphatic carbocycles. The van der Waals surface area contributed by atoms with Gasteiger partial charge in [-0.15, -0.1) is 11.3 Å². The van der Waals surface area contributed by atoms with Gasteiger partial charge < -0.3 is 11.1 Å². The number of benzene rings is 1. The molecular weight excluding hydrogens is 314 g/mol. The normalized spacial score (nSPS) is 10.8. The molecule has 3 rings (SSSR count). The molecule has 0 bridgehead atoms. The van der Waals surface area contributed by atoms with Crippen LogP contribution in [0.15, 0.2) is 36.0 Å². The van der Waals surface area contributed by atoms with Crippen molar-refractivity contribution in [2.75, 3.05) is 18.4 Å². The number of rotatable bonds is 6. The van der Waals surface area contributed by atoms with E-state index in [1.54, 1.807) is 12.1 Å². The largest absolute Gasteiger partial charge is 0.369 e. The van der Waals surface area contributed by atoms with Gasteiger partial charge in [-0.2, -0.15) is 0 Å². The zero-order valence-electron chi connectivity index (χ0n) is 12.2. The van der Waals surface area contributed by atoms with E-state index in [2.05, 4.69) is 15.3 Å². The molecule has 0 saturated carbocycles. The molecule has 0 saturated heterocycles. The van der Waals surface area contributed by atoms with Gasteiger partial charge in [0, 0.05) is 29.6 Å². The highest BCUT2D eigenvalue weighted by Gasteiger charge is 2.15. The van der Waals surface area contributed by atoms with Gasteiger partial charge in [-0.3, -0.25) is 10.1 Å². The Balaban J connectivity index is 2.07. The van der Waals surface area contributed by atoms with E-state index >= 15 is 0 Å². The van der Waals surface area contributed by atoms with Crippen molar-refractivity contribution >= 4 is 33.1 Å². The summed E-state index contributed by atoms with van der Waals surface area (Å²) in [6.07, 6.45) is 2.35. The third-order valence-corrected chi connectivity index (χ3v) is 4.30. The number of anilines is 1. The molecular formula is C15H15N5O2S. The lowest BCUT2D eigenvalue weighted by Crippen LogP contribution is -2.09. The molecule has 0 amide bonds. The minimum atomic E-state index is -0.394. The summed E-state index contributed by atoms with van der Waals surface area (Å²) in [6, 6.07) is 6.58. The molecule has 0 radical (unpaired) electrons. The molecule has 2 heterocycles. The molecule has 0 unspecified atom stereocenters. The molecule has 0 aliphatic rings. The third kappa shape index (κ3) is 3.13. The maximum atomic E-state index is 11.0. The number of nitrogens with zero attached hydrogens (tertiary/aromatic N) is 3. The summed E-state index contributed by atoms with van der Waals surface area (Å²) in [7, 11) is 0. The fraction of sp³-hybridized carbons (Fsp3) is 0.200. The summed E-state index contributed by atoms with van der Waals surface area (Å²) in [6.45, 7) is 1.31. The van der Waals surface area contributed by atoms with Gasteiger partial charge in [0.2, 0.25) is 0 Å². The fourth-order valence-electron chi connectivity index (χ4n) is 2.32. The van der Waals surface area contributed by atoms with Crippen LogP contribution in [0.4, 0.5) is 11.5 Å². The summed E-state index contributed by atoms with van der Waals surface area (Å²) < 4.78 is 0. The number of nitro benzene ring substituents is 1. The Kier molecular flexibility index (Phi) is 4.45. The van der Waals surface area contributed by atoms with Crippen molar-refractivity contribution in [2.45, 2.75) is 6.42 Å². The van der Waals surface area contributed by atoms with Gasteiger partial charge in [-0.05, 0) is 18.5 Å². The lowest BCUT2D eigenvalue weighted by molar-refractivity contribution is -0.384. The third-order valence-electron chi connectivity index (χ3n) is 3.41. The second kappa shape index (κ2) is 6.67. The number of fused-ring (bicyclic) bond motifs is 1. The molecule has 0 spiro atoms. The quantitative estimate of drug-likeness (QED) is 0.409. The second-order valence-corrected chi connectivity index (χ2v) is 5.79. The first-order chi connectivity index (χ1) is 11.2. The maximum Gasteiger partial charge on any atom is 0.270 e. The number of non-ortho nitro benzene ring substituents is 1. The molecule has 1 aromatic carbocycles. The van der Waals surface area contributed by atoms with Gasteiger partial charge in [0.05, 0.1) is 10.3 Å². The van der Waals surface area contributed by atoms with Crippen molar-refractivity contribution in [1.29, 1.82) is 0 Å². The Morgan fingerprint density at radius 3 is 3.00 bits per heavy atom. The molecule has 0 aliphatic heterocycles. The zero-order chi connectivity index (χ0) is 16.2. The fourth-order valence-corrected chi connectivity index (χ4v) is 3.23. The van der Waals surface area contributed by atoms with E-state index in [4.69, 9.17) is 5.73 Å². The van der Waals surface area contributed by atoms with E-state index in [9.17, 15) is 10.1 Å². The van der Waals surface area contributed by atoms with Crippen LogP contribution in [0, 0.1) is 10.1 Å². The number of nitrogens with one attached hydrogen (secondary N) is 1. The van der Waals surface area contributed by atoms with E-state index in [1.165, 1.54) is 23.7 Å². The number of nitro groups is 1. The van der Waals surface area contributed by atoms with Crippen molar-refractivity contribution in [3.63, 3.8) is 0 Å². The smallest absolute Gasteiger partial charge is 0.270 e. The lowest BCUT2D eigenvalue weighted by Gasteiger charge is -2.07. The predicted octanol–water partition coefficient (Wildman–Crippen LogP) is 3.03. The number of aromatic nitrogens is 2. The Bertz CT molecular complexity index is 849. The molecule has 118 valence electrons. The van der Waals surface area contributed by atoms with Gasteiger partial charge >= 0.3 is 0 Å². The topological polar surface area (TPSA) is 107 Å². The van der Waals surface area contributed by atoms with E-state index in [0.717, 1.165) is 33.6 Å². The van der Waals surface area contributed by atoms with Crippen molar-refractivity contribution in [3.8, 4) is 11.1 Å². The van der Waals surface area contributed by atoms with E-state index in [1.807, 2.05) is 11.4 Å². The van der Waals surface area contributed by atoms with Crippen molar-refractivity contribution < 1.29 is 4.92 Å². The standard InChI is InChI=1S/C15H15N5O2S/c16-5-2-6-17-14-13-12(8-23-15(13)19-9-18-14)10-3-1-4-11(7-10)20(21)22/h1,3-4,7-9H,2,5-6,16H2,(H,17,18,19). The monoisotopic (exact) mass is 329 g/mol. The molecule has 0 atom stereocenters.